The fraction of sp³-hybridized carbons (Fsp3) is 0.455. The first-order valence-electron chi connectivity index (χ1n) is 6.28. The van der Waals surface area contributed by atoms with Crippen molar-refractivity contribution in [3.63, 3.8) is 0 Å². The molecule has 3 N–H and O–H groups in total. The van der Waals surface area contributed by atoms with E-state index < -0.39 is 23.8 Å². The van der Waals surface area contributed by atoms with Crippen LogP contribution in [0.3, 0.4) is 0 Å². The topological polar surface area (TPSA) is 99.4 Å². The van der Waals surface area contributed by atoms with Crippen LogP contribution in [-0.2, 0) is 17.4 Å². The van der Waals surface area contributed by atoms with Crippen LogP contribution in [0.5, 0.6) is 0 Å². The van der Waals surface area contributed by atoms with Crippen molar-refractivity contribution < 1.29 is 18.0 Å². The summed E-state index contributed by atoms with van der Waals surface area (Å²) in [6.07, 6.45) is -0.849. The lowest BCUT2D eigenvalue weighted by Gasteiger charge is -2.20. The van der Waals surface area contributed by atoms with Crippen molar-refractivity contribution in [1.82, 2.24) is 25.4 Å². The Balaban J connectivity index is 1.75. The minimum absolute atomic E-state index is 0.386. The maximum absolute atomic E-state index is 12.4. The van der Waals surface area contributed by atoms with Crippen LogP contribution in [0.25, 0.3) is 0 Å². The molecule has 0 spiro atoms. The van der Waals surface area contributed by atoms with Crippen LogP contribution in [0.1, 0.15) is 35.8 Å². The van der Waals surface area contributed by atoms with Gasteiger partial charge < -0.3 is 0 Å². The molecule has 0 saturated carbocycles. The lowest BCUT2D eigenvalue weighted by Crippen LogP contribution is -2.24. The second kappa shape index (κ2) is 4.86. The fourth-order valence-corrected chi connectivity index (χ4v) is 2.38. The highest BCUT2D eigenvalue weighted by Crippen LogP contribution is 2.31. The highest BCUT2D eigenvalue weighted by Gasteiger charge is 2.36. The number of hydrogen-bond donors (Lipinski definition) is 3. The smallest absolute Gasteiger partial charge is 0.293 e. The molecule has 0 saturated heterocycles. The van der Waals surface area contributed by atoms with E-state index in [-0.39, 0.29) is 5.95 Å². The Kier molecular flexibility index (Phi) is 3.15. The number of carbonyl (C=O) groups excluding carboxylic acids is 1. The summed E-state index contributed by atoms with van der Waals surface area (Å²) in [6.45, 7) is 0. The summed E-state index contributed by atoms with van der Waals surface area (Å²) >= 11 is 0. The summed E-state index contributed by atoms with van der Waals surface area (Å²) in [5.41, 5.74) is 1.65. The van der Waals surface area contributed by atoms with Gasteiger partial charge in [0.05, 0.1) is 12.1 Å². The predicted molar refractivity (Wildman–Crippen MR) is 64.3 cm³/mol. The Morgan fingerprint density at radius 3 is 2.90 bits per heavy atom. The van der Waals surface area contributed by atoms with Crippen LogP contribution in [-0.4, -0.2) is 31.3 Å². The maximum Gasteiger partial charge on any atom is 0.451 e. The SMILES string of the molecule is O=C(Nc1n[nH]c(C(F)(F)F)n1)C1CCCc2[nH]ncc21. The molecule has 1 amide bonds. The van der Waals surface area contributed by atoms with E-state index in [4.69, 9.17) is 0 Å². The third-order valence-corrected chi connectivity index (χ3v) is 3.35. The molecule has 1 aliphatic rings. The number of fused-ring (bicyclic) bond motifs is 1. The second-order valence-corrected chi connectivity index (χ2v) is 4.74. The molecule has 0 aromatic carbocycles. The van der Waals surface area contributed by atoms with Gasteiger partial charge in [0.25, 0.3) is 0 Å². The zero-order valence-electron chi connectivity index (χ0n) is 10.7. The number of aryl methyl sites for hydroxylation is 1. The molecular weight excluding hydrogens is 289 g/mol. The van der Waals surface area contributed by atoms with Crippen molar-refractivity contribution in [2.75, 3.05) is 5.32 Å². The molecule has 0 aliphatic heterocycles. The molecule has 0 radical (unpaired) electrons. The molecule has 0 fully saturated rings. The summed E-state index contributed by atoms with van der Waals surface area (Å²) in [6, 6.07) is 0. The molecule has 10 heteroatoms. The maximum atomic E-state index is 12.4. The van der Waals surface area contributed by atoms with Gasteiger partial charge in [-0.2, -0.15) is 23.3 Å². The number of carbonyl (C=O) groups is 1. The predicted octanol–water partition coefficient (Wildman–Crippen LogP) is 1.61. The first kappa shape index (κ1) is 13.6. The molecule has 3 rings (SSSR count). The number of anilines is 1. The standard InChI is InChI=1S/C11H11F3N6O/c12-11(13,14)9-17-10(20-19-9)16-8(21)5-2-1-3-7-6(5)4-15-18-7/h4-5H,1-3H2,(H,15,18)(H2,16,17,19,20,21). The average Bonchev–Trinajstić information content (AvgIpc) is 3.05. The van der Waals surface area contributed by atoms with E-state index in [9.17, 15) is 18.0 Å². The van der Waals surface area contributed by atoms with Crippen molar-refractivity contribution in [1.29, 1.82) is 0 Å². The van der Waals surface area contributed by atoms with Gasteiger partial charge >= 0.3 is 6.18 Å². The van der Waals surface area contributed by atoms with E-state index in [1.807, 2.05) is 0 Å². The van der Waals surface area contributed by atoms with Gasteiger partial charge in [-0.15, -0.1) is 5.10 Å². The highest BCUT2D eigenvalue weighted by atomic mass is 19.4. The van der Waals surface area contributed by atoms with Gasteiger partial charge in [-0.3, -0.25) is 20.3 Å². The number of aromatic nitrogens is 5. The van der Waals surface area contributed by atoms with E-state index in [0.717, 1.165) is 24.1 Å². The monoisotopic (exact) mass is 300 g/mol. The number of amides is 1. The normalized spacial score (nSPS) is 18.3. The quantitative estimate of drug-likeness (QED) is 0.784. The zero-order chi connectivity index (χ0) is 15.0. The van der Waals surface area contributed by atoms with Gasteiger partial charge in [0, 0.05) is 11.3 Å². The number of nitrogens with one attached hydrogen (secondary N) is 3. The molecule has 0 bridgehead atoms. The first-order valence-corrected chi connectivity index (χ1v) is 6.28. The van der Waals surface area contributed by atoms with Crippen molar-refractivity contribution >= 4 is 11.9 Å². The van der Waals surface area contributed by atoms with E-state index in [1.54, 1.807) is 11.3 Å². The highest BCUT2D eigenvalue weighted by molar-refractivity contribution is 5.94. The molecule has 2 aromatic heterocycles. The van der Waals surface area contributed by atoms with Crippen molar-refractivity contribution in [2.45, 2.75) is 31.4 Å². The summed E-state index contributed by atoms with van der Waals surface area (Å²) < 4.78 is 37.2. The first-order chi connectivity index (χ1) is 9.95. The van der Waals surface area contributed by atoms with Gasteiger partial charge in [0.15, 0.2) is 0 Å². The van der Waals surface area contributed by atoms with E-state index in [1.165, 1.54) is 0 Å². The summed E-state index contributed by atoms with van der Waals surface area (Å²) in [5, 5.41) is 14.1. The number of aromatic amines is 2. The number of alkyl halides is 3. The Morgan fingerprint density at radius 1 is 1.38 bits per heavy atom. The Labute approximate surface area is 116 Å². The molecule has 1 atom stereocenters. The molecule has 1 aliphatic carbocycles. The number of hydrogen-bond acceptors (Lipinski definition) is 4. The van der Waals surface area contributed by atoms with Crippen LogP contribution < -0.4 is 5.32 Å². The van der Waals surface area contributed by atoms with Crippen molar-refractivity contribution in [3.05, 3.63) is 23.3 Å². The molecule has 21 heavy (non-hydrogen) atoms. The van der Waals surface area contributed by atoms with Crippen molar-refractivity contribution in [2.24, 2.45) is 0 Å². The van der Waals surface area contributed by atoms with Crippen LogP contribution >= 0.6 is 0 Å². The zero-order valence-corrected chi connectivity index (χ0v) is 10.7. The third-order valence-electron chi connectivity index (χ3n) is 3.35. The molecule has 112 valence electrons. The van der Waals surface area contributed by atoms with Crippen molar-refractivity contribution in [3.8, 4) is 0 Å². The van der Waals surface area contributed by atoms with Crippen LogP contribution in [0.15, 0.2) is 6.20 Å². The second-order valence-electron chi connectivity index (χ2n) is 4.74. The minimum atomic E-state index is -4.63. The average molecular weight is 300 g/mol. The van der Waals surface area contributed by atoms with E-state index in [0.29, 0.717) is 6.42 Å². The molecule has 1 unspecified atom stereocenters. The summed E-state index contributed by atoms with van der Waals surface area (Å²) in [5.74, 6) is -2.53. The Hall–Kier alpha value is -2.39. The van der Waals surface area contributed by atoms with Crippen LogP contribution in [0.4, 0.5) is 19.1 Å². The molecule has 2 aromatic rings. The third kappa shape index (κ3) is 2.60. The van der Waals surface area contributed by atoms with Crippen LogP contribution in [0.2, 0.25) is 0 Å². The molecule has 7 nitrogen and oxygen atoms in total. The van der Waals surface area contributed by atoms with Gasteiger partial charge in [0.1, 0.15) is 0 Å². The summed E-state index contributed by atoms with van der Waals surface area (Å²) in [4.78, 5) is 15.4. The van der Waals surface area contributed by atoms with Gasteiger partial charge in [-0.1, -0.05) is 0 Å². The van der Waals surface area contributed by atoms with Gasteiger partial charge in [0.2, 0.25) is 17.7 Å². The molecule has 2 heterocycles. The van der Waals surface area contributed by atoms with Crippen LogP contribution in [0, 0.1) is 0 Å². The number of nitrogens with zero attached hydrogens (tertiary/aromatic N) is 3. The van der Waals surface area contributed by atoms with E-state index in [2.05, 4.69) is 25.6 Å². The Bertz CT molecular complexity index is 661. The lowest BCUT2D eigenvalue weighted by atomic mass is 9.86. The largest absolute Gasteiger partial charge is 0.451 e. The molecular formula is C11H11F3N6O. The number of H-pyrrole nitrogens is 2. The van der Waals surface area contributed by atoms with Gasteiger partial charge in [-0.05, 0) is 19.3 Å². The van der Waals surface area contributed by atoms with Gasteiger partial charge in [-0.25, -0.2) is 0 Å². The Morgan fingerprint density at radius 2 is 2.19 bits per heavy atom. The summed E-state index contributed by atoms with van der Waals surface area (Å²) in [7, 11) is 0. The lowest BCUT2D eigenvalue weighted by molar-refractivity contribution is -0.144. The minimum Gasteiger partial charge on any atom is -0.293 e. The number of halogens is 3. The number of rotatable bonds is 2. The van der Waals surface area contributed by atoms with E-state index >= 15 is 0 Å². The fourth-order valence-electron chi connectivity index (χ4n) is 2.38.